The molecule has 0 aromatic heterocycles. The van der Waals surface area contributed by atoms with Crippen LogP contribution >= 0.6 is 0 Å². The molecule has 52 heavy (non-hydrogen) atoms. The first kappa shape index (κ1) is 36.3. The molecule has 0 atom stereocenters. The summed E-state index contributed by atoms with van der Waals surface area (Å²) in [6.07, 6.45) is 0. The van der Waals surface area contributed by atoms with Crippen LogP contribution in [-0.4, -0.2) is 56.2 Å². The Morgan fingerprint density at radius 3 is 1.73 bits per heavy atom. The van der Waals surface area contributed by atoms with Crippen molar-refractivity contribution in [2.45, 2.75) is 9.79 Å². The van der Waals surface area contributed by atoms with Gasteiger partial charge in [-0.15, -0.1) is 25.6 Å². The molecule has 0 heterocycles. The molecule has 0 aliphatic heterocycles. The minimum atomic E-state index is -5.30. The fourth-order valence-corrected chi connectivity index (χ4v) is 5.56. The Hall–Kier alpha value is -7.02. The average Bonchev–Trinajstić information content (AvgIpc) is 3.06. The number of hydrogen-bond donors (Lipinski definition) is 6. The highest BCUT2D eigenvalue weighted by Crippen LogP contribution is 2.48. The molecular formula is C28H18N8O14S2. The molecule has 5 rings (SSSR count). The van der Waals surface area contributed by atoms with Crippen LogP contribution < -0.4 is 0 Å². The Morgan fingerprint density at radius 2 is 1.12 bits per heavy atom. The van der Waals surface area contributed by atoms with Gasteiger partial charge in [0.15, 0.2) is 17.2 Å². The van der Waals surface area contributed by atoms with E-state index in [9.17, 15) is 66.6 Å². The van der Waals surface area contributed by atoms with E-state index in [2.05, 4.69) is 30.7 Å². The third-order valence-corrected chi connectivity index (χ3v) is 8.50. The van der Waals surface area contributed by atoms with Crippen molar-refractivity contribution in [3.05, 3.63) is 93.0 Å². The van der Waals surface area contributed by atoms with E-state index < -0.39 is 108 Å². The van der Waals surface area contributed by atoms with Gasteiger partial charge in [0, 0.05) is 24.3 Å². The van der Waals surface area contributed by atoms with Gasteiger partial charge in [-0.05, 0) is 53.9 Å². The van der Waals surface area contributed by atoms with E-state index in [0.29, 0.717) is 18.2 Å². The van der Waals surface area contributed by atoms with Crippen molar-refractivity contribution in [2.75, 3.05) is 0 Å². The number of benzene rings is 5. The summed E-state index contributed by atoms with van der Waals surface area (Å²) in [6, 6.07) is 11.3. The summed E-state index contributed by atoms with van der Waals surface area (Å²) >= 11 is 0. The van der Waals surface area contributed by atoms with Crippen LogP contribution in [0.3, 0.4) is 0 Å². The zero-order chi connectivity index (χ0) is 38.1. The second-order valence-electron chi connectivity index (χ2n) is 10.2. The number of phenols is 4. The molecule has 0 fully saturated rings. The number of hydrogen-bond acceptors (Lipinski definition) is 18. The predicted octanol–water partition coefficient (Wildman–Crippen LogP) is 7.22. The zero-order valence-corrected chi connectivity index (χ0v) is 26.9. The van der Waals surface area contributed by atoms with Crippen LogP contribution in [0.1, 0.15) is 0 Å². The Balaban J connectivity index is 1.67. The minimum Gasteiger partial charge on any atom is -0.506 e. The average molecular weight is 755 g/mol. The Labute approximate surface area is 288 Å². The van der Waals surface area contributed by atoms with Crippen LogP contribution in [0.4, 0.5) is 45.5 Å². The lowest BCUT2D eigenvalue weighted by Gasteiger charge is -2.12. The number of phenolic OH excluding ortho intramolecular Hbond substituents is 4. The van der Waals surface area contributed by atoms with Gasteiger partial charge >= 0.3 is 0 Å². The largest absolute Gasteiger partial charge is 0.506 e. The van der Waals surface area contributed by atoms with E-state index in [4.69, 9.17) is 0 Å². The van der Waals surface area contributed by atoms with Crippen LogP contribution in [0, 0.1) is 20.2 Å². The standard InChI is InChI=1S/C28H18N8O14S2/c37-21-7-5-16(36(43)44)11-19(21)31-34-26-23(52(48,49)50)10-13-9-17(51(45,46)47)12-20(24(13)28(26)40)32-30-18-6-8-22(38)25(27(18)39)33-29-14-1-3-15(4-2-14)35(41)42/h1-12,37-40H,(H,45,46,47)(H,48,49,50). The molecule has 0 radical (unpaired) electrons. The molecule has 0 aliphatic carbocycles. The summed E-state index contributed by atoms with van der Waals surface area (Å²) in [5, 5.41) is 85.7. The first-order valence-electron chi connectivity index (χ1n) is 13.7. The van der Waals surface area contributed by atoms with Crippen molar-refractivity contribution >= 4 is 76.5 Å². The number of rotatable bonds is 10. The predicted molar refractivity (Wildman–Crippen MR) is 175 cm³/mol. The zero-order valence-electron chi connectivity index (χ0n) is 25.3. The van der Waals surface area contributed by atoms with E-state index in [1.165, 1.54) is 12.1 Å². The minimum absolute atomic E-state index is 0.0818. The van der Waals surface area contributed by atoms with Gasteiger partial charge in [0.2, 0.25) is 0 Å². The van der Waals surface area contributed by atoms with E-state index in [1.54, 1.807) is 0 Å². The maximum Gasteiger partial charge on any atom is 0.296 e. The molecule has 24 heteroatoms. The molecule has 266 valence electrons. The molecule has 22 nitrogen and oxygen atoms in total. The molecule has 0 spiro atoms. The van der Waals surface area contributed by atoms with Crippen LogP contribution in [0.15, 0.2) is 113 Å². The molecule has 5 aromatic rings. The first-order valence-corrected chi connectivity index (χ1v) is 16.5. The van der Waals surface area contributed by atoms with E-state index >= 15 is 0 Å². The smallest absolute Gasteiger partial charge is 0.296 e. The SMILES string of the molecule is O=[N+]([O-])c1ccc(N=Nc2c(O)ccc(N=Nc3cc(S(=O)(=O)O)cc4cc(S(=O)(=O)O)c(N=Nc5cc([N+](=O)[O-])ccc5O)c(O)c34)c2O)cc1. The van der Waals surface area contributed by atoms with Crippen LogP contribution in [-0.2, 0) is 20.2 Å². The topological polar surface area (TPSA) is 350 Å². The van der Waals surface area contributed by atoms with Crippen molar-refractivity contribution in [1.29, 1.82) is 0 Å². The van der Waals surface area contributed by atoms with Crippen molar-refractivity contribution < 1.29 is 56.2 Å². The fourth-order valence-electron chi connectivity index (χ4n) is 4.36. The number of aromatic hydroxyl groups is 4. The molecule has 0 aliphatic rings. The highest BCUT2D eigenvalue weighted by Gasteiger charge is 2.26. The van der Waals surface area contributed by atoms with E-state index in [1.807, 2.05) is 0 Å². The summed E-state index contributed by atoms with van der Waals surface area (Å²) < 4.78 is 68.6. The van der Waals surface area contributed by atoms with Crippen molar-refractivity contribution in [3.8, 4) is 23.0 Å². The van der Waals surface area contributed by atoms with Crippen molar-refractivity contribution in [3.63, 3.8) is 0 Å². The summed E-state index contributed by atoms with van der Waals surface area (Å²) in [6.45, 7) is 0. The summed E-state index contributed by atoms with van der Waals surface area (Å²) in [4.78, 5) is 18.5. The van der Waals surface area contributed by atoms with Gasteiger partial charge in [0.25, 0.3) is 31.6 Å². The second kappa shape index (κ2) is 13.7. The van der Waals surface area contributed by atoms with Gasteiger partial charge in [0.1, 0.15) is 33.5 Å². The number of nitro benzene ring substituents is 2. The monoisotopic (exact) mass is 754 g/mol. The maximum atomic E-state index is 12.3. The van der Waals surface area contributed by atoms with Gasteiger partial charge in [0.05, 0.1) is 31.5 Å². The van der Waals surface area contributed by atoms with Crippen LogP contribution in [0.5, 0.6) is 23.0 Å². The van der Waals surface area contributed by atoms with E-state index in [-0.39, 0.29) is 11.4 Å². The van der Waals surface area contributed by atoms with Gasteiger partial charge in [-0.3, -0.25) is 29.3 Å². The highest BCUT2D eigenvalue weighted by atomic mass is 32.2. The molecule has 6 N–H and O–H groups in total. The summed E-state index contributed by atoms with van der Waals surface area (Å²) in [5.74, 6) is -3.24. The van der Waals surface area contributed by atoms with Gasteiger partial charge in [-0.1, -0.05) is 0 Å². The van der Waals surface area contributed by atoms with Crippen LogP contribution in [0.25, 0.3) is 10.8 Å². The number of azo groups is 3. The lowest BCUT2D eigenvalue weighted by molar-refractivity contribution is -0.385. The molecule has 0 unspecified atom stereocenters. The van der Waals surface area contributed by atoms with Gasteiger partial charge < -0.3 is 20.4 Å². The lowest BCUT2D eigenvalue weighted by atomic mass is 10.1. The highest BCUT2D eigenvalue weighted by molar-refractivity contribution is 7.86. The normalized spacial score (nSPS) is 12.3. The summed E-state index contributed by atoms with van der Waals surface area (Å²) in [7, 11) is -10.4. The van der Waals surface area contributed by atoms with Crippen molar-refractivity contribution in [2.24, 2.45) is 30.7 Å². The fraction of sp³-hybridized carbons (Fsp3) is 0. The number of nitro groups is 2. The van der Waals surface area contributed by atoms with Gasteiger partial charge in [-0.2, -0.15) is 21.9 Å². The Kier molecular flexibility index (Phi) is 9.56. The maximum absolute atomic E-state index is 12.3. The Bertz CT molecular complexity index is 2630. The van der Waals surface area contributed by atoms with E-state index in [0.717, 1.165) is 42.5 Å². The number of non-ortho nitro benzene ring substituents is 2. The van der Waals surface area contributed by atoms with Gasteiger partial charge in [-0.25, -0.2) is 0 Å². The Morgan fingerprint density at radius 1 is 0.538 bits per heavy atom. The second-order valence-corrected chi connectivity index (χ2v) is 13.0. The molecule has 0 saturated carbocycles. The third-order valence-electron chi connectivity index (χ3n) is 6.81. The summed E-state index contributed by atoms with van der Waals surface area (Å²) in [5.41, 5.74) is -3.93. The third kappa shape index (κ3) is 7.58. The molecule has 5 aromatic carbocycles. The molecule has 0 amide bonds. The number of fused-ring (bicyclic) bond motifs is 1. The van der Waals surface area contributed by atoms with Crippen molar-refractivity contribution in [1.82, 2.24) is 0 Å². The molecule has 0 saturated heterocycles. The molecule has 0 bridgehead atoms. The first-order chi connectivity index (χ1) is 24.3. The number of nitrogens with zero attached hydrogens (tertiary/aromatic N) is 8. The molecular weight excluding hydrogens is 736 g/mol. The lowest BCUT2D eigenvalue weighted by Crippen LogP contribution is -2.01. The van der Waals surface area contributed by atoms with Crippen LogP contribution in [0.2, 0.25) is 0 Å². The quantitative estimate of drug-likeness (QED) is 0.0355.